The average molecular weight is 467 g/mol. The predicted molar refractivity (Wildman–Crippen MR) is 129 cm³/mol. The molecule has 0 saturated carbocycles. The van der Waals surface area contributed by atoms with E-state index in [9.17, 15) is 9.59 Å². The van der Waals surface area contributed by atoms with Crippen LogP contribution in [0.4, 0.5) is 21.5 Å². The molecule has 3 aliphatic rings. The molecule has 5 rings (SSSR count). The zero-order chi connectivity index (χ0) is 24.0. The Morgan fingerprint density at radius 3 is 2.71 bits per heavy atom. The maximum atomic E-state index is 15.2. The van der Waals surface area contributed by atoms with E-state index in [2.05, 4.69) is 18.7 Å². The third kappa shape index (κ3) is 4.16. The van der Waals surface area contributed by atoms with Crippen LogP contribution in [-0.4, -0.2) is 56.1 Å². The molecule has 180 valence electrons. The Hall–Kier alpha value is -2.97. The van der Waals surface area contributed by atoms with Crippen LogP contribution >= 0.6 is 0 Å². The molecule has 34 heavy (non-hydrogen) atoms. The maximum Gasteiger partial charge on any atom is 0.232 e. The first-order valence-corrected chi connectivity index (χ1v) is 11.8. The molecule has 0 spiro atoms. The lowest BCUT2D eigenvalue weighted by Gasteiger charge is -2.27. The van der Waals surface area contributed by atoms with Crippen molar-refractivity contribution in [2.75, 3.05) is 54.9 Å². The number of carbonyl (C=O) groups is 2. The van der Waals surface area contributed by atoms with Crippen molar-refractivity contribution < 1.29 is 18.7 Å². The van der Waals surface area contributed by atoms with Gasteiger partial charge in [-0.15, -0.1) is 0 Å². The van der Waals surface area contributed by atoms with Gasteiger partial charge in [0.25, 0.3) is 0 Å². The van der Waals surface area contributed by atoms with E-state index in [1.54, 1.807) is 28.0 Å². The average Bonchev–Trinajstić information content (AvgIpc) is 3.31. The monoisotopic (exact) mass is 466 g/mol. The van der Waals surface area contributed by atoms with Gasteiger partial charge in [0.2, 0.25) is 11.8 Å². The van der Waals surface area contributed by atoms with Crippen LogP contribution in [-0.2, 0) is 26.3 Å². The summed E-state index contributed by atoms with van der Waals surface area (Å²) in [5.41, 5.74) is 9.07. The molecule has 0 radical (unpaired) electrons. The fourth-order valence-corrected chi connectivity index (χ4v) is 5.29. The van der Waals surface area contributed by atoms with Crippen LogP contribution in [0.15, 0.2) is 36.4 Å². The number of amides is 2. The molecular formula is C26H31FN4O3. The van der Waals surface area contributed by atoms with Crippen molar-refractivity contribution in [3.8, 4) is 0 Å². The highest BCUT2D eigenvalue weighted by Gasteiger charge is 2.44. The Bertz CT molecular complexity index is 1130. The minimum Gasteiger partial charge on any atom is -0.399 e. The number of hydrogen-bond acceptors (Lipinski definition) is 5. The van der Waals surface area contributed by atoms with Crippen molar-refractivity contribution in [3.63, 3.8) is 0 Å². The van der Waals surface area contributed by atoms with Crippen LogP contribution in [0.25, 0.3) is 0 Å². The molecule has 1 atom stereocenters. The summed E-state index contributed by atoms with van der Waals surface area (Å²) in [6, 6.07) is 10.5. The lowest BCUT2D eigenvalue weighted by molar-refractivity contribution is -0.124. The zero-order valence-corrected chi connectivity index (χ0v) is 19.7. The number of halogens is 1. The Morgan fingerprint density at radius 1 is 1.21 bits per heavy atom. The van der Waals surface area contributed by atoms with Crippen LogP contribution in [0.3, 0.4) is 0 Å². The number of nitrogen functional groups attached to an aromatic ring is 1. The Kier molecular flexibility index (Phi) is 5.81. The second-order valence-electron chi connectivity index (χ2n) is 10.2. The number of morpholine rings is 1. The van der Waals surface area contributed by atoms with E-state index >= 15 is 4.39 Å². The van der Waals surface area contributed by atoms with Crippen LogP contribution in [0.2, 0.25) is 0 Å². The van der Waals surface area contributed by atoms with E-state index in [4.69, 9.17) is 10.5 Å². The van der Waals surface area contributed by atoms with Crippen molar-refractivity contribution >= 4 is 28.9 Å². The van der Waals surface area contributed by atoms with E-state index in [1.807, 2.05) is 12.1 Å². The highest BCUT2D eigenvalue weighted by molar-refractivity contribution is 6.05. The summed E-state index contributed by atoms with van der Waals surface area (Å²) in [7, 11) is 0. The van der Waals surface area contributed by atoms with Gasteiger partial charge in [0.1, 0.15) is 5.82 Å². The molecule has 2 aromatic carbocycles. The van der Waals surface area contributed by atoms with Gasteiger partial charge in [0.15, 0.2) is 0 Å². The Balaban J connectivity index is 1.38. The quantitative estimate of drug-likeness (QED) is 0.701. The van der Waals surface area contributed by atoms with Gasteiger partial charge in [-0.25, -0.2) is 4.39 Å². The normalized spacial score (nSPS) is 22.3. The van der Waals surface area contributed by atoms with Crippen molar-refractivity contribution in [3.05, 3.63) is 53.3 Å². The lowest BCUT2D eigenvalue weighted by atomic mass is 9.86. The number of anilines is 3. The van der Waals surface area contributed by atoms with Gasteiger partial charge < -0.3 is 20.3 Å². The molecule has 8 heteroatoms. The smallest absolute Gasteiger partial charge is 0.232 e. The topological polar surface area (TPSA) is 79.1 Å². The van der Waals surface area contributed by atoms with Crippen LogP contribution in [0, 0.1) is 11.7 Å². The van der Waals surface area contributed by atoms with E-state index in [1.165, 1.54) is 6.07 Å². The number of hydrogen-bond donors (Lipinski definition) is 1. The maximum absolute atomic E-state index is 15.2. The fraction of sp³-hybridized carbons (Fsp3) is 0.462. The summed E-state index contributed by atoms with van der Waals surface area (Å²) >= 11 is 0. The highest BCUT2D eigenvalue weighted by Crippen LogP contribution is 2.43. The molecule has 3 heterocycles. The molecule has 2 amide bonds. The summed E-state index contributed by atoms with van der Waals surface area (Å²) in [5.74, 6) is -1.02. The summed E-state index contributed by atoms with van der Waals surface area (Å²) in [4.78, 5) is 31.8. The molecule has 3 aliphatic heterocycles. The van der Waals surface area contributed by atoms with E-state index in [0.29, 0.717) is 55.5 Å². The van der Waals surface area contributed by atoms with Gasteiger partial charge >= 0.3 is 0 Å². The highest BCUT2D eigenvalue weighted by atomic mass is 19.1. The minimum atomic E-state index is -0.480. The third-order valence-electron chi connectivity index (χ3n) is 7.16. The van der Waals surface area contributed by atoms with Crippen LogP contribution < -0.4 is 15.5 Å². The number of carbonyl (C=O) groups excluding carboxylic acids is 2. The Labute approximate surface area is 199 Å². The first-order valence-electron chi connectivity index (χ1n) is 11.8. The van der Waals surface area contributed by atoms with Gasteiger partial charge in [0.05, 0.1) is 24.8 Å². The van der Waals surface area contributed by atoms with Crippen molar-refractivity contribution in [1.82, 2.24) is 4.90 Å². The molecule has 1 unspecified atom stereocenters. The molecule has 2 N–H and O–H groups in total. The summed E-state index contributed by atoms with van der Waals surface area (Å²) in [6.07, 6.45) is 0.136. The van der Waals surface area contributed by atoms with Gasteiger partial charge in [0, 0.05) is 61.5 Å². The molecule has 2 saturated heterocycles. The lowest BCUT2D eigenvalue weighted by Crippen LogP contribution is -2.39. The third-order valence-corrected chi connectivity index (χ3v) is 7.16. The second-order valence-corrected chi connectivity index (χ2v) is 10.2. The number of nitrogens with zero attached hydrogens (tertiary/aromatic N) is 3. The fourth-order valence-electron chi connectivity index (χ4n) is 5.29. The van der Waals surface area contributed by atoms with E-state index in [-0.39, 0.29) is 29.5 Å². The largest absolute Gasteiger partial charge is 0.399 e. The molecule has 0 aliphatic carbocycles. The summed E-state index contributed by atoms with van der Waals surface area (Å²) in [5, 5.41) is 0. The second kappa shape index (κ2) is 8.67. The number of ether oxygens (including phenoxy) is 1. The summed E-state index contributed by atoms with van der Waals surface area (Å²) in [6.45, 7) is 8.32. The van der Waals surface area contributed by atoms with Crippen molar-refractivity contribution in [2.24, 2.45) is 5.92 Å². The van der Waals surface area contributed by atoms with Crippen molar-refractivity contribution in [2.45, 2.75) is 32.2 Å². The van der Waals surface area contributed by atoms with Crippen LogP contribution in [0.5, 0.6) is 0 Å². The molecule has 0 aromatic heterocycles. The van der Waals surface area contributed by atoms with Gasteiger partial charge in [-0.1, -0.05) is 19.9 Å². The first kappa shape index (κ1) is 22.8. The standard InChI is InChI=1S/C26H31FN4O3/c1-26(2)16-31(23-13-22(27)17(10-21(23)26)14-29-6-8-34-9-7-29)25(33)18-11-24(32)30(15-18)20-5-3-4-19(28)12-20/h3-5,10,12-13,18H,6-9,11,14-16,28H2,1-2H3. The zero-order valence-electron chi connectivity index (χ0n) is 19.7. The predicted octanol–water partition coefficient (Wildman–Crippen LogP) is 2.92. The molecular weight excluding hydrogens is 435 g/mol. The van der Waals surface area contributed by atoms with Crippen molar-refractivity contribution in [1.29, 1.82) is 0 Å². The first-order chi connectivity index (χ1) is 16.2. The van der Waals surface area contributed by atoms with Gasteiger partial charge in [-0.2, -0.15) is 0 Å². The number of rotatable bonds is 4. The van der Waals surface area contributed by atoms with E-state index < -0.39 is 5.92 Å². The number of benzene rings is 2. The summed E-state index contributed by atoms with van der Waals surface area (Å²) < 4.78 is 20.6. The van der Waals surface area contributed by atoms with Gasteiger partial charge in [-0.05, 0) is 35.9 Å². The van der Waals surface area contributed by atoms with Gasteiger partial charge in [-0.3, -0.25) is 14.5 Å². The molecule has 2 aromatic rings. The Morgan fingerprint density at radius 2 is 1.97 bits per heavy atom. The minimum absolute atomic E-state index is 0.102. The number of nitrogens with two attached hydrogens (primary N) is 1. The number of fused-ring (bicyclic) bond motifs is 1. The van der Waals surface area contributed by atoms with E-state index in [0.717, 1.165) is 18.7 Å². The molecule has 2 fully saturated rings. The SMILES string of the molecule is CC1(C)CN(C(=O)C2CC(=O)N(c3cccc(N)c3)C2)c2cc(F)c(CN3CCOCC3)cc21. The molecule has 0 bridgehead atoms. The van der Waals surface area contributed by atoms with Crippen LogP contribution in [0.1, 0.15) is 31.4 Å². The molecule has 7 nitrogen and oxygen atoms in total.